The Morgan fingerprint density at radius 3 is 2.88 bits per heavy atom. The molecule has 2 atom stereocenters. The quantitative estimate of drug-likeness (QED) is 0.863. The van der Waals surface area contributed by atoms with E-state index in [0.717, 1.165) is 6.07 Å². The summed E-state index contributed by atoms with van der Waals surface area (Å²) >= 11 is 1.67. The second-order valence-corrected chi connectivity index (χ2v) is 5.87. The van der Waals surface area contributed by atoms with Crippen molar-refractivity contribution in [1.29, 1.82) is 0 Å². The Hall–Kier alpha value is -0.610. The van der Waals surface area contributed by atoms with E-state index in [0.29, 0.717) is 17.4 Å². The van der Waals surface area contributed by atoms with Crippen LogP contribution in [0, 0.1) is 11.6 Å². The Labute approximate surface area is 97.9 Å². The molecule has 0 amide bonds. The highest BCUT2D eigenvalue weighted by Gasteiger charge is 2.36. The van der Waals surface area contributed by atoms with E-state index in [1.54, 1.807) is 11.8 Å². The van der Waals surface area contributed by atoms with Crippen LogP contribution < -0.4 is 0 Å². The van der Waals surface area contributed by atoms with Gasteiger partial charge in [-0.1, -0.05) is 19.1 Å². The van der Waals surface area contributed by atoms with Crippen molar-refractivity contribution in [2.75, 3.05) is 5.75 Å². The molecule has 1 saturated heterocycles. The average molecular weight is 244 g/mol. The first-order chi connectivity index (χ1) is 7.50. The van der Waals surface area contributed by atoms with Crippen molar-refractivity contribution in [3.8, 4) is 0 Å². The minimum Gasteiger partial charge on any atom is -0.389 e. The van der Waals surface area contributed by atoms with Gasteiger partial charge in [-0.15, -0.1) is 0 Å². The zero-order chi connectivity index (χ0) is 11.8. The van der Waals surface area contributed by atoms with Gasteiger partial charge in [0.25, 0.3) is 0 Å². The van der Waals surface area contributed by atoms with Gasteiger partial charge < -0.3 is 5.11 Å². The predicted molar refractivity (Wildman–Crippen MR) is 61.5 cm³/mol. The Balaban J connectivity index is 2.18. The first kappa shape index (κ1) is 11.9. The van der Waals surface area contributed by atoms with E-state index in [-0.39, 0.29) is 12.0 Å². The van der Waals surface area contributed by atoms with Gasteiger partial charge in [0.05, 0.1) is 5.60 Å². The number of thioether (sulfide) groups is 1. The number of halogens is 2. The molecule has 1 aromatic rings. The predicted octanol–water partition coefficient (Wildman–Crippen LogP) is 2.76. The maximum absolute atomic E-state index is 13.4. The minimum absolute atomic E-state index is 0.188. The average Bonchev–Trinajstić information content (AvgIpc) is 2.54. The molecule has 4 heteroatoms. The molecular formula is C12H14F2OS. The second-order valence-electron chi connectivity index (χ2n) is 4.44. The molecule has 2 rings (SSSR count). The maximum atomic E-state index is 13.4. The Morgan fingerprint density at radius 2 is 2.25 bits per heavy atom. The second kappa shape index (κ2) is 4.34. The van der Waals surface area contributed by atoms with E-state index in [1.165, 1.54) is 12.1 Å². The molecule has 1 aromatic carbocycles. The number of aliphatic hydroxyl groups is 1. The first-order valence-electron chi connectivity index (χ1n) is 5.27. The first-order valence-corrected chi connectivity index (χ1v) is 6.32. The van der Waals surface area contributed by atoms with Crippen LogP contribution in [0.3, 0.4) is 0 Å². The highest BCUT2D eigenvalue weighted by molar-refractivity contribution is 8.00. The molecule has 2 unspecified atom stereocenters. The Bertz CT molecular complexity index is 397. The summed E-state index contributed by atoms with van der Waals surface area (Å²) < 4.78 is 26.4. The number of hydrogen-bond donors (Lipinski definition) is 1. The smallest absolute Gasteiger partial charge is 0.162 e. The van der Waals surface area contributed by atoms with Crippen LogP contribution in [0.4, 0.5) is 8.78 Å². The van der Waals surface area contributed by atoms with Gasteiger partial charge in [-0.2, -0.15) is 11.8 Å². The van der Waals surface area contributed by atoms with Crippen LogP contribution in [0.1, 0.15) is 18.9 Å². The Morgan fingerprint density at radius 1 is 1.50 bits per heavy atom. The number of rotatable bonds is 2. The lowest BCUT2D eigenvalue weighted by molar-refractivity contribution is 0.0632. The van der Waals surface area contributed by atoms with Gasteiger partial charge in [0.2, 0.25) is 0 Å². The fourth-order valence-corrected chi connectivity index (χ4v) is 3.36. The topological polar surface area (TPSA) is 20.2 Å². The SMILES string of the molecule is CC1CC(O)(Cc2cccc(F)c2F)CS1. The van der Waals surface area contributed by atoms with Gasteiger partial charge in [0, 0.05) is 17.4 Å². The molecule has 0 bridgehead atoms. The van der Waals surface area contributed by atoms with Crippen LogP contribution in [-0.2, 0) is 6.42 Å². The molecule has 88 valence electrons. The van der Waals surface area contributed by atoms with Crippen LogP contribution in [0.15, 0.2) is 18.2 Å². The third-order valence-corrected chi connectivity index (χ3v) is 4.29. The molecular weight excluding hydrogens is 230 g/mol. The molecule has 1 aliphatic heterocycles. The van der Waals surface area contributed by atoms with E-state index < -0.39 is 17.2 Å². The van der Waals surface area contributed by atoms with E-state index in [4.69, 9.17) is 0 Å². The third kappa shape index (κ3) is 2.38. The van der Waals surface area contributed by atoms with Crippen molar-refractivity contribution >= 4 is 11.8 Å². The van der Waals surface area contributed by atoms with E-state index in [2.05, 4.69) is 0 Å². The number of benzene rings is 1. The summed E-state index contributed by atoms with van der Waals surface area (Å²) in [6, 6.07) is 4.10. The highest BCUT2D eigenvalue weighted by atomic mass is 32.2. The maximum Gasteiger partial charge on any atom is 0.162 e. The van der Waals surface area contributed by atoms with Gasteiger partial charge in [0.15, 0.2) is 11.6 Å². The normalized spacial score (nSPS) is 29.6. The van der Waals surface area contributed by atoms with Gasteiger partial charge in [0.1, 0.15) is 0 Å². The summed E-state index contributed by atoms with van der Waals surface area (Å²) in [5.74, 6) is -1.09. The van der Waals surface area contributed by atoms with Crippen LogP contribution in [0.5, 0.6) is 0 Å². The molecule has 0 aromatic heterocycles. The highest BCUT2D eigenvalue weighted by Crippen LogP contribution is 2.36. The summed E-state index contributed by atoms with van der Waals surface area (Å²) in [6.07, 6.45) is 0.821. The van der Waals surface area contributed by atoms with Crippen molar-refractivity contribution < 1.29 is 13.9 Å². The van der Waals surface area contributed by atoms with Crippen LogP contribution in [0.2, 0.25) is 0 Å². The molecule has 0 radical (unpaired) electrons. The minimum atomic E-state index is -0.890. The van der Waals surface area contributed by atoms with Gasteiger partial charge in [-0.3, -0.25) is 0 Å². The summed E-state index contributed by atoms with van der Waals surface area (Å²) in [4.78, 5) is 0. The van der Waals surface area contributed by atoms with Crippen molar-refractivity contribution in [2.45, 2.75) is 30.6 Å². The van der Waals surface area contributed by atoms with Gasteiger partial charge >= 0.3 is 0 Å². The molecule has 0 saturated carbocycles. The fourth-order valence-electron chi connectivity index (χ4n) is 2.11. The molecule has 1 N–H and O–H groups in total. The molecule has 1 fully saturated rings. The number of hydrogen-bond acceptors (Lipinski definition) is 2. The molecule has 1 aliphatic rings. The molecule has 1 heterocycles. The summed E-state index contributed by atoms with van der Waals surface area (Å²) in [6.45, 7) is 2.03. The molecule has 0 spiro atoms. The lowest BCUT2D eigenvalue weighted by Crippen LogP contribution is -2.32. The summed E-state index contributed by atoms with van der Waals surface area (Å²) in [7, 11) is 0. The standard InChI is InChI=1S/C12H14F2OS/c1-8-5-12(15,7-16-8)6-9-3-2-4-10(13)11(9)14/h2-4,8,15H,5-7H2,1H3. The van der Waals surface area contributed by atoms with Gasteiger partial charge in [-0.05, 0) is 18.1 Å². The summed E-state index contributed by atoms with van der Waals surface area (Å²) in [5.41, 5.74) is -0.629. The van der Waals surface area contributed by atoms with Crippen LogP contribution in [-0.4, -0.2) is 21.7 Å². The molecule has 0 aliphatic carbocycles. The molecule has 1 nitrogen and oxygen atoms in total. The van der Waals surface area contributed by atoms with Crippen LogP contribution >= 0.6 is 11.8 Å². The zero-order valence-electron chi connectivity index (χ0n) is 9.04. The third-order valence-electron chi connectivity index (χ3n) is 2.86. The van der Waals surface area contributed by atoms with Crippen LogP contribution in [0.25, 0.3) is 0 Å². The largest absolute Gasteiger partial charge is 0.389 e. The van der Waals surface area contributed by atoms with Crippen molar-refractivity contribution in [3.63, 3.8) is 0 Å². The zero-order valence-corrected chi connectivity index (χ0v) is 9.86. The van der Waals surface area contributed by atoms with Gasteiger partial charge in [-0.25, -0.2) is 8.78 Å². The van der Waals surface area contributed by atoms with E-state index >= 15 is 0 Å². The Kier molecular flexibility index (Phi) is 3.22. The summed E-state index contributed by atoms with van der Waals surface area (Å²) in [5, 5.41) is 10.6. The lowest BCUT2D eigenvalue weighted by atomic mass is 9.92. The lowest BCUT2D eigenvalue weighted by Gasteiger charge is -2.21. The molecule has 16 heavy (non-hydrogen) atoms. The fraction of sp³-hybridized carbons (Fsp3) is 0.500. The monoisotopic (exact) mass is 244 g/mol. The van der Waals surface area contributed by atoms with Crippen molar-refractivity contribution in [1.82, 2.24) is 0 Å². The van der Waals surface area contributed by atoms with Crippen molar-refractivity contribution in [2.24, 2.45) is 0 Å². The van der Waals surface area contributed by atoms with Crippen molar-refractivity contribution in [3.05, 3.63) is 35.4 Å². The van der Waals surface area contributed by atoms with E-state index in [1.807, 2.05) is 6.92 Å². The van der Waals surface area contributed by atoms with E-state index in [9.17, 15) is 13.9 Å².